The summed E-state index contributed by atoms with van der Waals surface area (Å²) >= 11 is 0. The van der Waals surface area contributed by atoms with E-state index in [0.29, 0.717) is 17.7 Å². The number of aryl methyl sites for hydroxylation is 2. The van der Waals surface area contributed by atoms with E-state index < -0.39 is 0 Å². The zero-order valence-electron chi connectivity index (χ0n) is 17.4. The van der Waals surface area contributed by atoms with Gasteiger partial charge in [0.25, 0.3) is 5.56 Å². The third kappa shape index (κ3) is 4.53. The van der Waals surface area contributed by atoms with E-state index in [1.54, 1.807) is 42.9 Å². The summed E-state index contributed by atoms with van der Waals surface area (Å²) in [6.45, 7) is 4.19. The zero-order valence-corrected chi connectivity index (χ0v) is 17.4. The molecule has 31 heavy (non-hydrogen) atoms. The second-order valence-electron chi connectivity index (χ2n) is 7.62. The van der Waals surface area contributed by atoms with E-state index in [2.05, 4.69) is 4.98 Å². The number of benzene rings is 2. The van der Waals surface area contributed by atoms with Crippen LogP contribution in [-0.2, 0) is 13.0 Å². The third-order valence-corrected chi connectivity index (χ3v) is 5.22. The number of ketones is 1. The van der Waals surface area contributed by atoms with Crippen molar-refractivity contribution in [1.29, 1.82) is 0 Å². The van der Waals surface area contributed by atoms with Gasteiger partial charge in [0, 0.05) is 35.6 Å². The first-order valence-electron chi connectivity index (χ1n) is 9.98. The maximum Gasteiger partial charge on any atom is 0.254 e. The Bertz CT molecular complexity index is 1300. The lowest BCUT2D eigenvalue weighted by molar-refractivity contribution is 0.0992. The standard InChI is InChI=1S/C25H22FN3O2/c1-17-12-20(7-10-23(17)29-14-18(2)27-16-29)24(30)13-21-4-3-11-28(25(21)31)15-19-5-8-22(26)9-6-19/h3-12,14,16H,13,15H2,1-2H3. The molecule has 0 atom stereocenters. The van der Waals surface area contributed by atoms with E-state index >= 15 is 0 Å². The van der Waals surface area contributed by atoms with Gasteiger partial charge in [-0.15, -0.1) is 0 Å². The van der Waals surface area contributed by atoms with Crippen molar-refractivity contribution in [2.45, 2.75) is 26.8 Å². The fraction of sp³-hybridized carbons (Fsp3) is 0.160. The predicted molar refractivity (Wildman–Crippen MR) is 117 cm³/mol. The molecule has 0 N–H and O–H groups in total. The molecule has 0 aliphatic heterocycles. The van der Waals surface area contributed by atoms with Crippen LogP contribution in [0.4, 0.5) is 4.39 Å². The van der Waals surface area contributed by atoms with Gasteiger partial charge in [-0.05, 0) is 61.4 Å². The summed E-state index contributed by atoms with van der Waals surface area (Å²) in [5, 5.41) is 0. The Labute approximate surface area is 179 Å². The molecule has 0 spiro atoms. The summed E-state index contributed by atoms with van der Waals surface area (Å²) in [5.74, 6) is -0.437. The van der Waals surface area contributed by atoms with Gasteiger partial charge in [0.05, 0.1) is 18.6 Å². The molecule has 0 aliphatic carbocycles. The second-order valence-corrected chi connectivity index (χ2v) is 7.62. The third-order valence-electron chi connectivity index (χ3n) is 5.22. The largest absolute Gasteiger partial charge is 0.311 e. The molecular formula is C25H22FN3O2. The monoisotopic (exact) mass is 415 g/mol. The molecular weight excluding hydrogens is 393 g/mol. The topological polar surface area (TPSA) is 56.9 Å². The normalized spacial score (nSPS) is 10.9. The summed E-state index contributed by atoms with van der Waals surface area (Å²) in [5.41, 5.74) is 4.41. The second kappa shape index (κ2) is 8.52. The van der Waals surface area contributed by atoms with Crippen molar-refractivity contribution >= 4 is 5.78 Å². The number of aromatic nitrogens is 3. The van der Waals surface area contributed by atoms with Gasteiger partial charge in [0.1, 0.15) is 5.82 Å². The Morgan fingerprint density at radius 2 is 1.84 bits per heavy atom. The number of nitrogens with zero attached hydrogens (tertiary/aromatic N) is 3. The maximum absolute atomic E-state index is 13.1. The van der Waals surface area contributed by atoms with Crippen LogP contribution in [0.25, 0.3) is 5.69 Å². The summed E-state index contributed by atoms with van der Waals surface area (Å²) in [7, 11) is 0. The van der Waals surface area contributed by atoms with Crippen molar-refractivity contribution in [3.63, 3.8) is 0 Å². The van der Waals surface area contributed by atoms with Gasteiger partial charge in [-0.3, -0.25) is 9.59 Å². The summed E-state index contributed by atoms with van der Waals surface area (Å²) < 4.78 is 16.6. The molecule has 4 rings (SSSR count). The van der Waals surface area contributed by atoms with Crippen LogP contribution >= 0.6 is 0 Å². The predicted octanol–water partition coefficient (Wildman–Crippen LogP) is 4.26. The van der Waals surface area contributed by atoms with Gasteiger partial charge in [-0.1, -0.05) is 18.2 Å². The quantitative estimate of drug-likeness (QED) is 0.442. The van der Waals surface area contributed by atoms with Gasteiger partial charge in [-0.2, -0.15) is 0 Å². The van der Waals surface area contributed by atoms with Crippen LogP contribution in [0.3, 0.4) is 0 Å². The van der Waals surface area contributed by atoms with Crippen molar-refractivity contribution < 1.29 is 9.18 Å². The molecule has 2 aromatic heterocycles. The highest BCUT2D eigenvalue weighted by molar-refractivity contribution is 5.97. The molecule has 2 aromatic carbocycles. The molecule has 0 radical (unpaired) electrons. The van der Waals surface area contributed by atoms with E-state index in [4.69, 9.17) is 0 Å². The lowest BCUT2D eigenvalue weighted by atomic mass is 10.0. The SMILES string of the molecule is Cc1cn(-c2ccc(C(=O)Cc3cccn(Cc4ccc(F)cc4)c3=O)cc2C)cn1. The number of pyridine rings is 1. The smallest absolute Gasteiger partial charge is 0.254 e. The number of hydrogen-bond donors (Lipinski definition) is 0. The molecule has 0 fully saturated rings. The highest BCUT2D eigenvalue weighted by atomic mass is 19.1. The van der Waals surface area contributed by atoms with Crippen molar-refractivity contribution in [2.24, 2.45) is 0 Å². The first-order chi connectivity index (χ1) is 14.9. The van der Waals surface area contributed by atoms with Crippen LogP contribution < -0.4 is 5.56 Å². The van der Waals surface area contributed by atoms with E-state index in [-0.39, 0.29) is 23.6 Å². The molecule has 0 bridgehead atoms. The first kappa shape index (κ1) is 20.5. The summed E-state index contributed by atoms with van der Waals surface area (Å²) in [6, 6.07) is 15.0. The molecule has 0 saturated heterocycles. The fourth-order valence-electron chi connectivity index (χ4n) is 3.58. The molecule has 0 amide bonds. The van der Waals surface area contributed by atoms with Crippen molar-refractivity contribution in [3.8, 4) is 5.69 Å². The van der Waals surface area contributed by atoms with Gasteiger partial charge in [-0.25, -0.2) is 9.37 Å². The number of imidazole rings is 1. The van der Waals surface area contributed by atoms with Gasteiger partial charge in [0.15, 0.2) is 5.78 Å². The number of Topliss-reactive ketones (excluding diaryl/α,β-unsaturated/α-hetero) is 1. The minimum absolute atomic E-state index is 0.0199. The minimum Gasteiger partial charge on any atom is -0.311 e. The number of halogens is 1. The van der Waals surface area contributed by atoms with Crippen LogP contribution in [0.15, 0.2) is 78.1 Å². The minimum atomic E-state index is -0.320. The number of carbonyl (C=O) groups is 1. The Kier molecular flexibility index (Phi) is 5.62. The highest BCUT2D eigenvalue weighted by Gasteiger charge is 2.13. The lowest BCUT2D eigenvalue weighted by Crippen LogP contribution is -2.25. The van der Waals surface area contributed by atoms with Gasteiger partial charge < -0.3 is 9.13 Å². The van der Waals surface area contributed by atoms with Crippen LogP contribution in [0.5, 0.6) is 0 Å². The Morgan fingerprint density at radius 1 is 1.06 bits per heavy atom. The van der Waals surface area contributed by atoms with Gasteiger partial charge >= 0.3 is 0 Å². The van der Waals surface area contributed by atoms with E-state index in [1.165, 1.54) is 16.7 Å². The number of carbonyl (C=O) groups excluding carboxylic acids is 1. The summed E-state index contributed by atoms with van der Waals surface area (Å²) in [4.78, 5) is 30.0. The molecule has 156 valence electrons. The van der Waals surface area contributed by atoms with Crippen molar-refractivity contribution in [2.75, 3.05) is 0 Å². The molecule has 6 heteroatoms. The lowest BCUT2D eigenvalue weighted by Gasteiger charge is -2.10. The van der Waals surface area contributed by atoms with Crippen LogP contribution in [-0.4, -0.2) is 19.9 Å². The Morgan fingerprint density at radius 3 is 2.52 bits per heavy atom. The highest BCUT2D eigenvalue weighted by Crippen LogP contribution is 2.17. The van der Waals surface area contributed by atoms with Crippen LogP contribution in [0.2, 0.25) is 0 Å². The molecule has 0 saturated carbocycles. The number of hydrogen-bond acceptors (Lipinski definition) is 3. The van der Waals surface area contributed by atoms with E-state index in [0.717, 1.165) is 22.5 Å². The summed E-state index contributed by atoms with van der Waals surface area (Å²) in [6.07, 6.45) is 5.36. The Balaban J connectivity index is 1.54. The van der Waals surface area contributed by atoms with E-state index in [9.17, 15) is 14.0 Å². The van der Waals surface area contributed by atoms with Crippen molar-refractivity contribution in [3.05, 3.63) is 117 Å². The van der Waals surface area contributed by atoms with Gasteiger partial charge in [0.2, 0.25) is 0 Å². The molecule has 4 aromatic rings. The molecule has 0 unspecified atom stereocenters. The average Bonchev–Trinajstić information content (AvgIpc) is 3.18. The maximum atomic E-state index is 13.1. The van der Waals surface area contributed by atoms with Crippen LogP contribution in [0, 0.1) is 19.7 Å². The van der Waals surface area contributed by atoms with Crippen molar-refractivity contribution in [1.82, 2.24) is 14.1 Å². The molecule has 0 aliphatic rings. The zero-order chi connectivity index (χ0) is 22.0. The average molecular weight is 415 g/mol. The van der Waals surface area contributed by atoms with E-state index in [1.807, 2.05) is 36.7 Å². The first-order valence-corrected chi connectivity index (χ1v) is 9.98. The molecule has 2 heterocycles. The Hall–Kier alpha value is -3.80. The fourth-order valence-corrected chi connectivity index (χ4v) is 3.58. The number of rotatable bonds is 6. The molecule has 5 nitrogen and oxygen atoms in total. The van der Waals surface area contributed by atoms with Crippen LogP contribution in [0.1, 0.15) is 32.7 Å².